The lowest BCUT2D eigenvalue weighted by atomic mass is 10.1. The number of hydrogen-bond acceptors (Lipinski definition) is 8. The number of benzene rings is 2. The summed E-state index contributed by atoms with van der Waals surface area (Å²) >= 11 is 6.50. The molecule has 0 spiro atoms. The summed E-state index contributed by atoms with van der Waals surface area (Å²) in [6, 6.07) is 9.51. The van der Waals surface area contributed by atoms with E-state index in [2.05, 4.69) is 10.3 Å². The molecule has 0 aliphatic carbocycles. The van der Waals surface area contributed by atoms with Gasteiger partial charge in [0.25, 0.3) is 11.5 Å². The molecule has 0 saturated carbocycles. The van der Waals surface area contributed by atoms with Gasteiger partial charge >= 0.3 is 5.97 Å². The first-order chi connectivity index (χ1) is 15.4. The Balaban J connectivity index is 1.88. The van der Waals surface area contributed by atoms with E-state index in [4.69, 9.17) is 26.4 Å². The summed E-state index contributed by atoms with van der Waals surface area (Å²) in [7, 11) is 4.27. The second-order valence-corrected chi connectivity index (χ2v) is 8.22. The predicted octanol–water partition coefficient (Wildman–Crippen LogP) is 3.63. The number of carbonyl (C=O) groups excluding carboxylic acids is 2. The molecule has 0 bridgehead atoms. The largest absolute Gasteiger partial charge is 0.497 e. The van der Waals surface area contributed by atoms with Gasteiger partial charge in [-0.25, -0.2) is 4.79 Å². The Morgan fingerprint density at radius 1 is 1.09 bits per heavy atom. The van der Waals surface area contributed by atoms with Gasteiger partial charge in [-0.15, -0.1) is 0 Å². The fourth-order valence-corrected chi connectivity index (χ4v) is 4.56. The highest BCUT2D eigenvalue weighted by molar-refractivity contribution is 7.73. The summed E-state index contributed by atoms with van der Waals surface area (Å²) in [5.74, 6) is -0.0717. The van der Waals surface area contributed by atoms with Crippen molar-refractivity contribution in [3.63, 3.8) is 0 Å². The van der Waals surface area contributed by atoms with Crippen LogP contribution in [0.1, 0.15) is 20.0 Å². The van der Waals surface area contributed by atoms with Crippen LogP contribution in [0.5, 0.6) is 11.5 Å². The van der Waals surface area contributed by atoms with E-state index >= 15 is 0 Å². The Bertz CT molecular complexity index is 1500. The summed E-state index contributed by atoms with van der Waals surface area (Å²) in [6.07, 6.45) is 0. The Morgan fingerprint density at radius 3 is 2.56 bits per heavy atom. The molecule has 0 aliphatic heterocycles. The van der Waals surface area contributed by atoms with Gasteiger partial charge in [-0.2, -0.15) is 0 Å². The number of carbonyl (C=O) groups is 2. The molecule has 11 heteroatoms. The molecule has 2 heterocycles. The van der Waals surface area contributed by atoms with Crippen molar-refractivity contribution in [2.24, 2.45) is 0 Å². The lowest BCUT2D eigenvalue weighted by molar-refractivity contribution is 0.0600. The van der Waals surface area contributed by atoms with Gasteiger partial charge in [-0.3, -0.25) is 14.0 Å². The molecule has 4 aromatic rings. The van der Waals surface area contributed by atoms with Crippen LogP contribution < -0.4 is 20.3 Å². The van der Waals surface area contributed by atoms with Crippen molar-refractivity contribution in [2.75, 3.05) is 26.6 Å². The van der Waals surface area contributed by atoms with E-state index in [0.717, 1.165) is 11.3 Å². The normalized spacial score (nSPS) is 10.8. The number of nitrogens with one attached hydrogen (secondary N) is 2. The molecule has 0 unspecified atom stereocenters. The lowest BCUT2D eigenvalue weighted by Gasteiger charge is -2.11. The Morgan fingerprint density at radius 2 is 1.88 bits per heavy atom. The number of ether oxygens (including phenoxy) is 3. The maximum Gasteiger partial charge on any atom is 0.337 e. The topological polar surface area (TPSA) is 111 Å². The molecular formula is C21H17N3O6S2. The first-order valence-corrected chi connectivity index (χ1v) is 10.4. The molecule has 2 aromatic heterocycles. The summed E-state index contributed by atoms with van der Waals surface area (Å²) in [6.45, 7) is 0. The van der Waals surface area contributed by atoms with E-state index in [0.29, 0.717) is 32.0 Å². The zero-order valence-corrected chi connectivity index (χ0v) is 18.8. The molecule has 9 nitrogen and oxygen atoms in total. The molecule has 0 fully saturated rings. The van der Waals surface area contributed by atoms with Gasteiger partial charge in [-0.1, -0.05) is 11.3 Å². The zero-order chi connectivity index (χ0) is 23.0. The van der Waals surface area contributed by atoms with Gasteiger partial charge in [-0.05, 0) is 42.5 Å². The smallest absolute Gasteiger partial charge is 0.337 e. The second kappa shape index (κ2) is 8.44. The quantitative estimate of drug-likeness (QED) is 0.338. The van der Waals surface area contributed by atoms with E-state index in [1.54, 1.807) is 22.6 Å². The van der Waals surface area contributed by atoms with Crippen molar-refractivity contribution in [2.45, 2.75) is 0 Å². The minimum atomic E-state index is -0.551. The van der Waals surface area contributed by atoms with Crippen molar-refractivity contribution in [3.05, 3.63) is 61.1 Å². The number of anilines is 1. The van der Waals surface area contributed by atoms with Gasteiger partial charge in [0.15, 0.2) is 3.95 Å². The zero-order valence-electron chi connectivity index (χ0n) is 17.2. The fraction of sp³-hybridized carbons (Fsp3) is 0.143. The van der Waals surface area contributed by atoms with Crippen LogP contribution in [0.3, 0.4) is 0 Å². The number of aromatic nitrogens is 2. The lowest BCUT2D eigenvalue weighted by Crippen LogP contribution is -2.15. The third-order valence-corrected chi connectivity index (χ3v) is 6.18. The van der Waals surface area contributed by atoms with Gasteiger partial charge < -0.3 is 24.5 Å². The molecule has 4 rings (SSSR count). The second-order valence-electron chi connectivity index (χ2n) is 6.58. The van der Waals surface area contributed by atoms with Crippen LogP contribution in [-0.2, 0) is 4.74 Å². The highest BCUT2D eigenvalue weighted by atomic mass is 32.1. The van der Waals surface area contributed by atoms with Crippen LogP contribution in [0.4, 0.5) is 5.69 Å². The number of esters is 1. The van der Waals surface area contributed by atoms with Crippen molar-refractivity contribution in [1.29, 1.82) is 0 Å². The van der Waals surface area contributed by atoms with Crippen LogP contribution >= 0.6 is 23.6 Å². The summed E-state index contributed by atoms with van der Waals surface area (Å²) in [4.78, 5) is 40.7. The Kier molecular flexibility index (Phi) is 5.68. The molecule has 1 amide bonds. The Hall–Kier alpha value is -3.70. The number of H-pyrrole nitrogens is 1. The van der Waals surface area contributed by atoms with Crippen LogP contribution in [0.15, 0.2) is 41.2 Å². The molecule has 164 valence electrons. The van der Waals surface area contributed by atoms with Gasteiger partial charge in [0.2, 0.25) is 0 Å². The van der Waals surface area contributed by atoms with Crippen LogP contribution in [-0.4, -0.2) is 42.6 Å². The average Bonchev–Trinajstić information content (AvgIpc) is 3.14. The molecule has 2 aromatic carbocycles. The molecular weight excluding hydrogens is 454 g/mol. The summed E-state index contributed by atoms with van der Waals surface area (Å²) in [5, 5.41) is 3.09. The molecule has 0 atom stereocenters. The highest BCUT2D eigenvalue weighted by Crippen LogP contribution is 2.31. The number of hydrogen-bond donors (Lipinski definition) is 2. The third kappa shape index (κ3) is 3.61. The SMILES string of the molecule is COC(=O)c1ccc2c(=O)[nH]c3c(C(=O)Nc4cc(OC)ccc4OC)sc(=S)n3c2c1. The predicted molar refractivity (Wildman–Crippen MR) is 123 cm³/mol. The van der Waals surface area contributed by atoms with Crippen LogP contribution in [0.25, 0.3) is 16.6 Å². The van der Waals surface area contributed by atoms with Gasteiger partial charge in [0, 0.05) is 6.07 Å². The summed E-state index contributed by atoms with van der Waals surface area (Å²) in [5.41, 5.74) is 0.847. The number of nitrogens with zero attached hydrogens (tertiary/aromatic N) is 1. The number of fused-ring (bicyclic) bond motifs is 3. The molecule has 2 N–H and O–H groups in total. The average molecular weight is 472 g/mol. The number of thiazole rings is 1. The number of rotatable bonds is 5. The summed E-state index contributed by atoms with van der Waals surface area (Å²) < 4.78 is 17.2. The maximum atomic E-state index is 13.1. The first kappa shape index (κ1) is 21.5. The van der Waals surface area contributed by atoms with Crippen molar-refractivity contribution < 1.29 is 23.8 Å². The molecule has 0 aliphatic rings. The number of aromatic amines is 1. The van der Waals surface area contributed by atoms with E-state index in [1.807, 2.05) is 0 Å². The minimum Gasteiger partial charge on any atom is -0.497 e. The molecule has 0 saturated heterocycles. The van der Waals surface area contributed by atoms with Gasteiger partial charge in [0.1, 0.15) is 22.0 Å². The van der Waals surface area contributed by atoms with Crippen LogP contribution in [0, 0.1) is 3.95 Å². The minimum absolute atomic E-state index is 0.197. The first-order valence-electron chi connectivity index (χ1n) is 9.21. The highest BCUT2D eigenvalue weighted by Gasteiger charge is 2.20. The number of amides is 1. The van der Waals surface area contributed by atoms with E-state index in [-0.39, 0.29) is 16.1 Å². The van der Waals surface area contributed by atoms with E-state index < -0.39 is 17.4 Å². The van der Waals surface area contributed by atoms with E-state index in [9.17, 15) is 14.4 Å². The Labute approximate surface area is 190 Å². The fourth-order valence-electron chi connectivity index (χ4n) is 3.28. The maximum absolute atomic E-state index is 13.1. The standard InChI is InChI=1S/C21H17N3O6S2/c1-28-11-5-7-15(29-2)13(9-11)22-19(26)16-17-23-18(25)12-6-4-10(20(27)30-3)8-14(12)24(17)21(31)32-16/h4-9H,1-3H3,(H,22,26)(H,23,25). The van der Waals surface area contributed by atoms with Gasteiger partial charge in [0.05, 0.1) is 43.5 Å². The van der Waals surface area contributed by atoms with Crippen LogP contribution in [0.2, 0.25) is 0 Å². The van der Waals surface area contributed by atoms with Crippen molar-refractivity contribution in [3.8, 4) is 11.5 Å². The molecule has 0 radical (unpaired) electrons. The molecule has 32 heavy (non-hydrogen) atoms. The number of methoxy groups -OCH3 is 3. The van der Waals surface area contributed by atoms with Crippen molar-refractivity contribution in [1.82, 2.24) is 9.38 Å². The monoisotopic (exact) mass is 471 g/mol. The van der Waals surface area contributed by atoms with E-state index in [1.165, 1.54) is 39.5 Å². The van der Waals surface area contributed by atoms with Crippen molar-refractivity contribution >= 4 is 57.7 Å². The third-order valence-electron chi connectivity index (χ3n) is 4.81.